The van der Waals surface area contributed by atoms with Gasteiger partial charge in [0.2, 0.25) is 0 Å². The Kier molecular flexibility index (Phi) is 3.35. The molecule has 3 rings (SSSR count). The summed E-state index contributed by atoms with van der Waals surface area (Å²) < 4.78 is 1.50. The Hall–Kier alpha value is -2.40. The van der Waals surface area contributed by atoms with Crippen molar-refractivity contribution < 1.29 is 0 Å². The number of benzene rings is 1. The first-order valence-corrected chi connectivity index (χ1v) is 6.99. The molecule has 0 atom stereocenters. The number of hydrogen-bond donors (Lipinski definition) is 2. The number of hydrogen-bond acceptors (Lipinski definition) is 3. The van der Waals surface area contributed by atoms with E-state index in [2.05, 4.69) is 10.1 Å². The molecule has 21 heavy (non-hydrogen) atoms. The van der Waals surface area contributed by atoms with E-state index >= 15 is 0 Å². The van der Waals surface area contributed by atoms with Gasteiger partial charge in [0, 0.05) is 22.9 Å². The van der Waals surface area contributed by atoms with Crippen LogP contribution in [0.2, 0.25) is 0 Å². The summed E-state index contributed by atoms with van der Waals surface area (Å²) in [5, 5.41) is 3.15. The first-order chi connectivity index (χ1) is 10.1. The van der Waals surface area contributed by atoms with Crippen molar-refractivity contribution in [2.75, 3.05) is 6.54 Å². The predicted molar refractivity (Wildman–Crippen MR) is 83.5 cm³/mol. The molecule has 3 aromatic rings. The van der Waals surface area contributed by atoms with Crippen LogP contribution in [0.15, 0.2) is 35.1 Å². The Morgan fingerprint density at radius 3 is 2.76 bits per heavy atom. The average molecular weight is 282 g/mol. The van der Waals surface area contributed by atoms with Crippen LogP contribution in [0.25, 0.3) is 16.9 Å². The molecule has 2 heterocycles. The van der Waals surface area contributed by atoms with Crippen LogP contribution in [0.4, 0.5) is 0 Å². The van der Waals surface area contributed by atoms with Gasteiger partial charge in [-0.05, 0) is 32.4 Å². The average Bonchev–Trinajstić information content (AvgIpc) is 2.88. The lowest BCUT2D eigenvalue weighted by molar-refractivity contribution is 0.835. The molecule has 0 bridgehead atoms. The quantitative estimate of drug-likeness (QED) is 0.769. The highest BCUT2D eigenvalue weighted by Crippen LogP contribution is 2.22. The number of nitrogens with one attached hydrogen (secondary N) is 1. The lowest BCUT2D eigenvalue weighted by Gasteiger charge is -2.03. The first-order valence-electron chi connectivity index (χ1n) is 6.99. The topological polar surface area (TPSA) is 76.2 Å². The largest absolute Gasteiger partial charge is 0.330 e. The lowest BCUT2D eigenvalue weighted by atomic mass is 10.1. The molecule has 1 aromatic carbocycles. The van der Waals surface area contributed by atoms with Crippen molar-refractivity contribution in [2.45, 2.75) is 20.3 Å². The van der Waals surface area contributed by atoms with E-state index in [1.165, 1.54) is 4.52 Å². The van der Waals surface area contributed by atoms with Gasteiger partial charge in [0.1, 0.15) is 0 Å². The highest BCUT2D eigenvalue weighted by atomic mass is 16.1. The van der Waals surface area contributed by atoms with Crippen LogP contribution in [-0.4, -0.2) is 21.1 Å². The van der Waals surface area contributed by atoms with Gasteiger partial charge < -0.3 is 5.73 Å². The van der Waals surface area contributed by atoms with E-state index < -0.39 is 0 Å². The summed E-state index contributed by atoms with van der Waals surface area (Å²) in [4.78, 5) is 17.0. The molecule has 0 aliphatic carbocycles. The van der Waals surface area contributed by atoms with Crippen LogP contribution < -0.4 is 11.3 Å². The van der Waals surface area contributed by atoms with Gasteiger partial charge in [-0.1, -0.05) is 24.3 Å². The smallest absolute Gasteiger partial charge is 0.276 e. The third kappa shape index (κ3) is 2.25. The minimum absolute atomic E-state index is 0.0669. The molecule has 0 unspecified atom stereocenters. The van der Waals surface area contributed by atoms with E-state index in [9.17, 15) is 4.79 Å². The molecule has 2 aromatic heterocycles. The molecule has 0 spiro atoms. The van der Waals surface area contributed by atoms with E-state index in [4.69, 9.17) is 5.73 Å². The van der Waals surface area contributed by atoms with Crippen LogP contribution in [0.3, 0.4) is 0 Å². The van der Waals surface area contributed by atoms with Crippen molar-refractivity contribution in [3.05, 3.63) is 57.5 Å². The molecule has 0 aliphatic rings. The summed E-state index contributed by atoms with van der Waals surface area (Å²) in [5.74, 6) is 0. The van der Waals surface area contributed by atoms with Crippen LogP contribution in [0, 0.1) is 13.8 Å². The number of aromatic amines is 1. The van der Waals surface area contributed by atoms with Crippen molar-refractivity contribution in [1.82, 2.24) is 14.6 Å². The van der Waals surface area contributed by atoms with Crippen molar-refractivity contribution in [3.8, 4) is 11.3 Å². The second kappa shape index (κ2) is 5.18. The second-order valence-corrected chi connectivity index (χ2v) is 5.20. The summed E-state index contributed by atoms with van der Waals surface area (Å²) in [6.45, 7) is 4.34. The first kappa shape index (κ1) is 13.6. The van der Waals surface area contributed by atoms with E-state index in [1.54, 1.807) is 0 Å². The van der Waals surface area contributed by atoms with Gasteiger partial charge in [-0.3, -0.25) is 9.89 Å². The fourth-order valence-corrected chi connectivity index (χ4v) is 2.62. The molecule has 5 nitrogen and oxygen atoms in total. The Morgan fingerprint density at radius 1 is 1.29 bits per heavy atom. The van der Waals surface area contributed by atoms with Gasteiger partial charge in [-0.2, -0.15) is 0 Å². The molecule has 0 fully saturated rings. The summed E-state index contributed by atoms with van der Waals surface area (Å²) in [6, 6.07) is 9.95. The molecular formula is C16H18N4O. The minimum Gasteiger partial charge on any atom is -0.330 e. The summed E-state index contributed by atoms with van der Waals surface area (Å²) in [7, 11) is 0. The maximum absolute atomic E-state index is 12.5. The monoisotopic (exact) mass is 282 g/mol. The fourth-order valence-electron chi connectivity index (χ4n) is 2.62. The standard InChI is InChI=1S/C16H18N4O/c1-10-5-3-4-6-12(10)14-9-15-18-11(2)13(7-8-17)16(21)20(15)19-14/h3-6,9,19H,7-8,17H2,1-2H3. The van der Waals surface area contributed by atoms with Crippen molar-refractivity contribution in [3.63, 3.8) is 0 Å². The Bertz CT molecular complexity index is 860. The maximum atomic E-state index is 12.5. The molecule has 0 saturated heterocycles. The zero-order chi connectivity index (χ0) is 15.0. The van der Waals surface area contributed by atoms with E-state index in [0.717, 1.165) is 22.5 Å². The van der Waals surface area contributed by atoms with Crippen molar-refractivity contribution in [1.29, 1.82) is 0 Å². The van der Waals surface area contributed by atoms with E-state index in [1.807, 2.05) is 44.2 Å². The molecule has 0 saturated carbocycles. The summed E-state index contributed by atoms with van der Waals surface area (Å²) in [6.07, 6.45) is 0.541. The van der Waals surface area contributed by atoms with E-state index in [-0.39, 0.29) is 5.56 Å². The van der Waals surface area contributed by atoms with Gasteiger partial charge in [0.25, 0.3) is 5.56 Å². The molecule has 5 heteroatoms. The van der Waals surface area contributed by atoms with Gasteiger partial charge in [-0.15, -0.1) is 0 Å². The number of aryl methyl sites for hydroxylation is 2. The number of fused-ring (bicyclic) bond motifs is 1. The van der Waals surface area contributed by atoms with Crippen LogP contribution in [0.5, 0.6) is 0 Å². The van der Waals surface area contributed by atoms with Gasteiger partial charge in [0.05, 0.1) is 5.69 Å². The van der Waals surface area contributed by atoms with E-state index in [0.29, 0.717) is 24.2 Å². The molecule has 0 aliphatic heterocycles. The Balaban J connectivity index is 2.24. The summed E-state index contributed by atoms with van der Waals surface area (Å²) >= 11 is 0. The van der Waals surface area contributed by atoms with Gasteiger partial charge in [0.15, 0.2) is 5.65 Å². The SMILES string of the molecule is Cc1ccccc1-c1cc2nc(C)c(CCN)c(=O)n2[nH]1. The second-order valence-electron chi connectivity index (χ2n) is 5.20. The number of H-pyrrole nitrogens is 1. The normalized spacial score (nSPS) is 11.2. The zero-order valence-corrected chi connectivity index (χ0v) is 12.2. The molecule has 3 N–H and O–H groups in total. The van der Waals surface area contributed by atoms with Gasteiger partial charge in [-0.25, -0.2) is 9.50 Å². The molecule has 0 amide bonds. The Labute approximate surface area is 122 Å². The van der Waals surface area contributed by atoms with Crippen molar-refractivity contribution >= 4 is 5.65 Å². The van der Waals surface area contributed by atoms with Crippen LogP contribution >= 0.6 is 0 Å². The van der Waals surface area contributed by atoms with Crippen molar-refractivity contribution in [2.24, 2.45) is 5.73 Å². The minimum atomic E-state index is -0.0669. The lowest BCUT2D eigenvalue weighted by Crippen LogP contribution is -2.23. The highest BCUT2D eigenvalue weighted by molar-refractivity contribution is 5.67. The molecule has 0 radical (unpaired) electrons. The third-order valence-corrected chi connectivity index (χ3v) is 3.74. The maximum Gasteiger partial charge on any atom is 0.276 e. The zero-order valence-electron chi connectivity index (χ0n) is 12.2. The number of aromatic nitrogens is 3. The Morgan fingerprint density at radius 2 is 2.05 bits per heavy atom. The number of rotatable bonds is 3. The molecule has 108 valence electrons. The number of nitrogens with two attached hydrogens (primary N) is 1. The third-order valence-electron chi connectivity index (χ3n) is 3.74. The van der Waals surface area contributed by atoms with Gasteiger partial charge >= 0.3 is 0 Å². The predicted octanol–water partition coefficient (Wildman–Crippen LogP) is 1.81. The summed E-state index contributed by atoms with van der Waals surface area (Å²) in [5.41, 5.74) is 10.7. The highest BCUT2D eigenvalue weighted by Gasteiger charge is 2.12. The fraction of sp³-hybridized carbons (Fsp3) is 0.250. The molecular weight excluding hydrogens is 264 g/mol. The van der Waals surface area contributed by atoms with Crippen LogP contribution in [-0.2, 0) is 6.42 Å². The number of nitrogens with zero attached hydrogens (tertiary/aromatic N) is 2. The van der Waals surface area contributed by atoms with Crippen LogP contribution in [0.1, 0.15) is 16.8 Å².